The average molecular weight is 406 g/mol. The molecule has 0 saturated carbocycles. The van der Waals surface area contributed by atoms with Crippen LogP contribution in [0.5, 0.6) is 0 Å². The number of nitrogens with zero attached hydrogens (tertiary/aromatic N) is 2. The number of hydrogen-bond donors (Lipinski definition) is 1. The molecule has 0 spiro atoms. The fraction of sp³-hybridized carbons (Fsp3) is 0.625. The Kier molecular flexibility index (Phi) is 5.28. The Morgan fingerprint density at radius 2 is 2.26 bits per heavy atom. The third kappa shape index (κ3) is 4.81. The third-order valence-electron chi connectivity index (χ3n) is 3.72. The van der Waals surface area contributed by atoms with Crippen molar-refractivity contribution in [2.24, 2.45) is 0 Å². The van der Waals surface area contributed by atoms with E-state index in [9.17, 15) is 9.90 Å². The van der Waals surface area contributed by atoms with Gasteiger partial charge in [-0.3, -0.25) is 0 Å². The van der Waals surface area contributed by atoms with Gasteiger partial charge >= 0.3 is 6.09 Å². The highest BCUT2D eigenvalue weighted by molar-refractivity contribution is 9.10. The number of amides is 1. The summed E-state index contributed by atoms with van der Waals surface area (Å²) in [4.78, 5) is 17.9. The summed E-state index contributed by atoms with van der Waals surface area (Å²) >= 11 is 9.35. The van der Waals surface area contributed by atoms with E-state index in [0.29, 0.717) is 18.0 Å². The molecule has 1 N–H and O–H groups in total. The van der Waals surface area contributed by atoms with Crippen LogP contribution in [0.4, 0.5) is 4.79 Å². The van der Waals surface area contributed by atoms with Gasteiger partial charge in [-0.25, -0.2) is 9.78 Å². The lowest BCUT2D eigenvalue weighted by molar-refractivity contribution is 0.0129. The fourth-order valence-corrected chi connectivity index (χ4v) is 3.37. The van der Waals surface area contributed by atoms with Crippen molar-refractivity contribution in [1.29, 1.82) is 0 Å². The molecule has 23 heavy (non-hydrogen) atoms. The minimum absolute atomic E-state index is 0.0917. The van der Waals surface area contributed by atoms with Crippen molar-refractivity contribution in [3.8, 4) is 0 Å². The van der Waals surface area contributed by atoms with Crippen LogP contribution in [0.2, 0.25) is 5.15 Å². The highest BCUT2D eigenvalue weighted by atomic mass is 79.9. The summed E-state index contributed by atoms with van der Waals surface area (Å²) in [5, 5.41) is 11.3. The van der Waals surface area contributed by atoms with Gasteiger partial charge in [0, 0.05) is 23.1 Å². The monoisotopic (exact) mass is 404 g/mol. The van der Waals surface area contributed by atoms with E-state index < -0.39 is 17.3 Å². The maximum Gasteiger partial charge on any atom is 0.410 e. The molecule has 1 saturated heterocycles. The molecule has 1 amide bonds. The number of aliphatic hydroxyl groups is 1. The van der Waals surface area contributed by atoms with Crippen LogP contribution >= 0.6 is 27.5 Å². The fourth-order valence-electron chi connectivity index (χ4n) is 2.83. The lowest BCUT2D eigenvalue weighted by atomic mass is 9.93. The second-order valence-electron chi connectivity index (χ2n) is 7.16. The van der Waals surface area contributed by atoms with Gasteiger partial charge in [0.15, 0.2) is 0 Å². The first-order valence-corrected chi connectivity index (χ1v) is 8.68. The normalized spacial score (nSPS) is 24.8. The smallest absolute Gasteiger partial charge is 0.410 e. The van der Waals surface area contributed by atoms with Gasteiger partial charge in [0.25, 0.3) is 0 Å². The number of aromatic nitrogens is 1. The molecule has 0 bridgehead atoms. The highest BCUT2D eigenvalue weighted by Gasteiger charge is 2.44. The number of hydrogen-bond acceptors (Lipinski definition) is 4. The van der Waals surface area contributed by atoms with Gasteiger partial charge in [-0.2, -0.15) is 0 Å². The summed E-state index contributed by atoms with van der Waals surface area (Å²) in [6.45, 7) is 7.63. The van der Waals surface area contributed by atoms with E-state index in [4.69, 9.17) is 16.3 Å². The summed E-state index contributed by atoms with van der Waals surface area (Å²) in [6, 6.07) is 1.63. The second-order valence-corrected chi connectivity index (χ2v) is 8.40. The van der Waals surface area contributed by atoms with Crippen LogP contribution in [0.3, 0.4) is 0 Å². The minimum atomic E-state index is -1.01. The number of carbonyl (C=O) groups excluding carboxylic acids is 1. The van der Waals surface area contributed by atoms with Crippen LogP contribution in [-0.4, -0.2) is 44.9 Å². The first kappa shape index (κ1) is 18.5. The van der Waals surface area contributed by atoms with Crippen LogP contribution in [0.25, 0.3) is 0 Å². The predicted molar refractivity (Wildman–Crippen MR) is 92.6 cm³/mol. The van der Waals surface area contributed by atoms with E-state index in [1.54, 1.807) is 17.2 Å². The lowest BCUT2D eigenvalue weighted by Crippen LogP contribution is -2.41. The van der Waals surface area contributed by atoms with Crippen molar-refractivity contribution in [3.63, 3.8) is 0 Å². The van der Waals surface area contributed by atoms with Crippen LogP contribution < -0.4 is 0 Å². The zero-order chi connectivity index (χ0) is 17.4. The summed E-state index contributed by atoms with van der Waals surface area (Å²) < 4.78 is 6.20. The molecular weight excluding hydrogens is 384 g/mol. The van der Waals surface area contributed by atoms with Gasteiger partial charge in [0.05, 0.1) is 12.1 Å². The van der Waals surface area contributed by atoms with E-state index in [-0.39, 0.29) is 12.6 Å². The molecular formula is C16H22BrClN2O3. The Hall–Kier alpha value is -0.850. The minimum Gasteiger partial charge on any atom is -0.444 e. The van der Waals surface area contributed by atoms with Crippen molar-refractivity contribution >= 4 is 33.6 Å². The molecule has 1 fully saturated rings. The summed E-state index contributed by atoms with van der Waals surface area (Å²) in [6.07, 6.45) is 2.09. The molecule has 0 unspecified atom stereocenters. The molecule has 0 aliphatic carbocycles. The van der Waals surface area contributed by atoms with Crippen molar-refractivity contribution in [3.05, 3.63) is 27.5 Å². The Balaban J connectivity index is 2.12. The molecule has 2 atom stereocenters. The van der Waals surface area contributed by atoms with E-state index in [2.05, 4.69) is 20.9 Å². The van der Waals surface area contributed by atoms with Crippen LogP contribution in [0.1, 0.15) is 39.7 Å². The van der Waals surface area contributed by atoms with E-state index >= 15 is 0 Å². The molecule has 1 aromatic heterocycles. The molecule has 1 aliphatic heterocycles. The summed E-state index contributed by atoms with van der Waals surface area (Å²) in [7, 11) is 0. The van der Waals surface area contributed by atoms with E-state index in [1.807, 2.05) is 27.7 Å². The van der Waals surface area contributed by atoms with Gasteiger partial charge in [-0.15, -0.1) is 0 Å². The average Bonchev–Trinajstić information content (AvgIpc) is 2.67. The van der Waals surface area contributed by atoms with Gasteiger partial charge < -0.3 is 14.7 Å². The van der Waals surface area contributed by atoms with Crippen molar-refractivity contribution in [1.82, 2.24) is 9.88 Å². The van der Waals surface area contributed by atoms with Crippen molar-refractivity contribution in [2.45, 2.75) is 57.8 Å². The van der Waals surface area contributed by atoms with Gasteiger partial charge in [0.1, 0.15) is 10.8 Å². The molecule has 0 aromatic carbocycles. The highest BCUT2D eigenvalue weighted by Crippen LogP contribution is 2.33. The van der Waals surface area contributed by atoms with Crippen LogP contribution in [0, 0.1) is 0 Å². The van der Waals surface area contributed by atoms with Crippen molar-refractivity contribution in [2.75, 3.05) is 6.54 Å². The Morgan fingerprint density at radius 3 is 2.87 bits per heavy atom. The van der Waals surface area contributed by atoms with E-state index in [0.717, 1.165) is 10.0 Å². The molecule has 1 aliphatic rings. The second kappa shape index (κ2) is 6.57. The van der Waals surface area contributed by atoms with Gasteiger partial charge in [-0.05, 0) is 61.7 Å². The first-order valence-electron chi connectivity index (χ1n) is 7.51. The molecule has 2 heterocycles. The SMILES string of the molecule is C[C@H]1C[C@](O)(Cc2cc(Cl)ncc2Br)CN1C(=O)OC(C)(C)C. The third-order valence-corrected chi connectivity index (χ3v) is 4.64. The van der Waals surface area contributed by atoms with Gasteiger partial charge in [0.2, 0.25) is 0 Å². The van der Waals surface area contributed by atoms with Crippen LogP contribution in [-0.2, 0) is 11.2 Å². The quantitative estimate of drug-likeness (QED) is 0.760. The molecule has 1 aromatic rings. The number of ether oxygens (including phenoxy) is 1. The zero-order valence-corrected chi connectivity index (χ0v) is 16.1. The maximum absolute atomic E-state index is 12.3. The molecule has 5 nitrogen and oxygen atoms in total. The molecule has 128 valence electrons. The van der Waals surface area contributed by atoms with Gasteiger partial charge in [-0.1, -0.05) is 11.6 Å². The Morgan fingerprint density at radius 1 is 1.61 bits per heavy atom. The van der Waals surface area contributed by atoms with Crippen molar-refractivity contribution < 1.29 is 14.6 Å². The molecule has 2 rings (SSSR count). The first-order chi connectivity index (χ1) is 10.5. The Bertz CT molecular complexity index is 605. The number of carbonyl (C=O) groups is 1. The topological polar surface area (TPSA) is 62.7 Å². The summed E-state index contributed by atoms with van der Waals surface area (Å²) in [5.74, 6) is 0. The maximum atomic E-state index is 12.3. The number of pyridine rings is 1. The number of rotatable bonds is 2. The predicted octanol–water partition coefficient (Wildman–Crippen LogP) is 3.80. The lowest BCUT2D eigenvalue weighted by Gasteiger charge is -2.27. The Labute approximate surface area is 150 Å². The molecule has 7 heteroatoms. The number of halogens is 2. The molecule has 0 radical (unpaired) electrons. The number of likely N-dealkylation sites (tertiary alicyclic amines) is 1. The van der Waals surface area contributed by atoms with Crippen LogP contribution in [0.15, 0.2) is 16.7 Å². The summed E-state index contributed by atoms with van der Waals surface area (Å²) in [5.41, 5.74) is -0.700. The number of β-amino-alcohol motifs (C(OH)–C–C–N with tert-alkyl or cyclic N) is 1. The standard InChI is InChI=1S/C16H22BrClN2O3/c1-10-6-16(22,7-11-5-13(18)19-8-12(11)17)9-20(10)14(21)23-15(2,3)4/h5,8,10,22H,6-7,9H2,1-4H3/t10-,16-/m0/s1. The van der Waals surface area contributed by atoms with E-state index in [1.165, 1.54) is 0 Å². The zero-order valence-electron chi connectivity index (χ0n) is 13.8. The largest absolute Gasteiger partial charge is 0.444 e.